The average Bonchev–Trinajstić information content (AvgIpc) is 2.80. The number of hydrogen-bond donors (Lipinski definition) is 4. The Labute approximate surface area is 191 Å². The van der Waals surface area contributed by atoms with Crippen molar-refractivity contribution in [1.82, 2.24) is 10.7 Å². The van der Waals surface area contributed by atoms with E-state index in [0.717, 1.165) is 22.4 Å². The van der Waals surface area contributed by atoms with Gasteiger partial charge in [-0.15, -0.1) is 0 Å². The molecule has 8 heteroatoms. The molecule has 4 N–H and O–H groups in total. The van der Waals surface area contributed by atoms with E-state index in [1.54, 1.807) is 6.07 Å². The van der Waals surface area contributed by atoms with Gasteiger partial charge >= 0.3 is 17.8 Å². The number of benzene rings is 3. The summed E-state index contributed by atoms with van der Waals surface area (Å²) in [6.45, 7) is 4.07. The van der Waals surface area contributed by atoms with E-state index >= 15 is 0 Å². The number of aryl methyl sites for hydroxylation is 2. The van der Waals surface area contributed by atoms with E-state index in [1.165, 1.54) is 18.3 Å². The van der Waals surface area contributed by atoms with Crippen molar-refractivity contribution >= 4 is 35.4 Å². The van der Waals surface area contributed by atoms with Gasteiger partial charge < -0.3 is 15.7 Å². The topological polar surface area (TPSA) is 120 Å². The summed E-state index contributed by atoms with van der Waals surface area (Å²) in [7, 11) is 0. The number of carboxylic acids is 1. The highest BCUT2D eigenvalue weighted by Crippen LogP contribution is 2.23. The lowest BCUT2D eigenvalue weighted by Gasteiger charge is -2.12. The molecule has 0 saturated carbocycles. The Kier molecular flexibility index (Phi) is 7.54. The van der Waals surface area contributed by atoms with Gasteiger partial charge in [0.15, 0.2) is 0 Å². The van der Waals surface area contributed by atoms with E-state index in [9.17, 15) is 19.5 Å². The van der Waals surface area contributed by atoms with Gasteiger partial charge in [0.25, 0.3) is 0 Å². The van der Waals surface area contributed by atoms with Gasteiger partial charge in [-0.25, -0.2) is 10.2 Å². The minimum absolute atomic E-state index is 0.0640. The highest BCUT2D eigenvalue weighted by Gasteiger charge is 2.13. The van der Waals surface area contributed by atoms with Crippen LogP contribution in [-0.4, -0.2) is 29.1 Å². The van der Waals surface area contributed by atoms with Crippen molar-refractivity contribution in [2.24, 2.45) is 5.10 Å². The van der Waals surface area contributed by atoms with E-state index in [2.05, 4.69) is 21.2 Å². The number of carbonyl (C=O) groups excluding carboxylic acids is 2. The Morgan fingerprint density at radius 2 is 1.58 bits per heavy atom. The number of amides is 2. The van der Waals surface area contributed by atoms with E-state index in [1.807, 2.05) is 62.4 Å². The molecule has 0 radical (unpaired) electrons. The summed E-state index contributed by atoms with van der Waals surface area (Å²) in [5, 5.41) is 18.9. The predicted molar refractivity (Wildman–Crippen MR) is 127 cm³/mol. The molecule has 168 valence electrons. The summed E-state index contributed by atoms with van der Waals surface area (Å²) >= 11 is 0. The summed E-state index contributed by atoms with van der Waals surface area (Å²) in [5.41, 5.74) is 7.01. The molecule has 0 fully saturated rings. The van der Waals surface area contributed by atoms with Gasteiger partial charge in [0.05, 0.1) is 11.8 Å². The third kappa shape index (κ3) is 6.27. The van der Waals surface area contributed by atoms with E-state index in [0.29, 0.717) is 11.3 Å². The Balaban J connectivity index is 1.69. The molecule has 0 aliphatic heterocycles. The molecule has 33 heavy (non-hydrogen) atoms. The lowest BCUT2D eigenvalue weighted by atomic mass is 10.1. The fourth-order valence-electron chi connectivity index (χ4n) is 3.05. The van der Waals surface area contributed by atoms with Crippen LogP contribution in [0.2, 0.25) is 0 Å². The number of hydrazone groups is 1. The normalized spacial score (nSPS) is 10.6. The molecule has 0 heterocycles. The second-order valence-corrected chi connectivity index (χ2v) is 7.36. The predicted octanol–water partition coefficient (Wildman–Crippen LogP) is 3.51. The Morgan fingerprint density at radius 3 is 2.27 bits per heavy atom. The number of anilines is 2. The van der Waals surface area contributed by atoms with Crippen LogP contribution in [0.15, 0.2) is 71.8 Å². The van der Waals surface area contributed by atoms with Gasteiger partial charge in [0, 0.05) is 23.5 Å². The molecule has 3 rings (SSSR count). The number of nitrogens with zero attached hydrogens (tertiary/aromatic N) is 1. The third-order valence-corrected chi connectivity index (χ3v) is 4.99. The summed E-state index contributed by atoms with van der Waals surface area (Å²) < 4.78 is 0. The van der Waals surface area contributed by atoms with Crippen LogP contribution in [0.5, 0.6) is 0 Å². The average molecular weight is 444 g/mol. The SMILES string of the molecule is Cc1ccccc1CNC(=O)C(=O)N/N=C\c1cc(C(=O)O)ccc1Nc1ccccc1C. The first-order chi connectivity index (χ1) is 15.8. The van der Waals surface area contributed by atoms with E-state index in [4.69, 9.17) is 0 Å². The van der Waals surface area contributed by atoms with Gasteiger partial charge in [-0.2, -0.15) is 5.10 Å². The van der Waals surface area contributed by atoms with Gasteiger partial charge in [0.2, 0.25) is 0 Å². The van der Waals surface area contributed by atoms with Gasteiger partial charge in [0.1, 0.15) is 0 Å². The summed E-state index contributed by atoms with van der Waals surface area (Å²) in [5.74, 6) is -2.85. The quantitative estimate of drug-likeness (QED) is 0.253. The summed E-state index contributed by atoms with van der Waals surface area (Å²) in [4.78, 5) is 35.5. The molecule has 3 aromatic rings. The first-order valence-electron chi connectivity index (χ1n) is 10.2. The van der Waals surface area contributed by atoms with E-state index < -0.39 is 17.8 Å². The minimum atomic E-state index is -1.09. The van der Waals surface area contributed by atoms with Crippen LogP contribution in [0, 0.1) is 13.8 Å². The summed E-state index contributed by atoms with van der Waals surface area (Å²) in [6.07, 6.45) is 1.29. The first kappa shape index (κ1) is 23.2. The number of carboxylic acid groups (broad SMARTS) is 1. The molecule has 3 aromatic carbocycles. The Bertz CT molecular complexity index is 1220. The number of carbonyl (C=O) groups is 3. The maximum Gasteiger partial charge on any atom is 0.335 e. The van der Waals surface area contributed by atoms with Gasteiger partial charge in [-0.1, -0.05) is 42.5 Å². The zero-order chi connectivity index (χ0) is 23.8. The lowest BCUT2D eigenvalue weighted by molar-refractivity contribution is -0.139. The van der Waals surface area contributed by atoms with Crippen molar-refractivity contribution < 1.29 is 19.5 Å². The van der Waals surface area contributed by atoms with Crippen molar-refractivity contribution in [1.29, 1.82) is 0 Å². The highest BCUT2D eigenvalue weighted by atomic mass is 16.4. The van der Waals surface area contributed by atoms with Gasteiger partial charge in [-0.3, -0.25) is 9.59 Å². The van der Waals surface area contributed by atoms with Crippen molar-refractivity contribution in [2.75, 3.05) is 5.32 Å². The molecule has 2 amide bonds. The van der Waals surface area contributed by atoms with Crippen LogP contribution in [0.3, 0.4) is 0 Å². The Morgan fingerprint density at radius 1 is 0.879 bits per heavy atom. The van der Waals surface area contributed by atoms with Crippen LogP contribution >= 0.6 is 0 Å². The van der Waals surface area contributed by atoms with Crippen LogP contribution < -0.4 is 16.1 Å². The largest absolute Gasteiger partial charge is 0.478 e. The van der Waals surface area contributed by atoms with Gasteiger partial charge in [-0.05, 0) is 54.8 Å². The number of nitrogens with one attached hydrogen (secondary N) is 3. The molecule has 0 saturated heterocycles. The smallest absolute Gasteiger partial charge is 0.335 e. The number of hydrogen-bond acceptors (Lipinski definition) is 5. The molecule has 0 aliphatic rings. The van der Waals surface area contributed by atoms with Crippen molar-refractivity contribution in [3.8, 4) is 0 Å². The zero-order valence-electron chi connectivity index (χ0n) is 18.3. The second kappa shape index (κ2) is 10.7. The lowest BCUT2D eigenvalue weighted by Crippen LogP contribution is -2.37. The first-order valence-corrected chi connectivity index (χ1v) is 10.2. The number of para-hydroxylation sites is 1. The minimum Gasteiger partial charge on any atom is -0.478 e. The molecular weight excluding hydrogens is 420 g/mol. The standard InChI is InChI=1S/C25H24N4O4/c1-16-7-3-5-9-19(16)14-26-23(30)24(31)29-27-15-20-13-18(25(32)33)11-12-22(20)28-21-10-6-4-8-17(21)2/h3-13,15,28H,14H2,1-2H3,(H,26,30)(H,29,31)(H,32,33)/b27-15-. The third-order valence-electron chi connectivity index (χ3n) is 4.99. The van der Waals surface area contributed by atoms with Crippen LogP contribution in [0.1, 0.15) is 32.6 Å². The summed E-state index contributed by atoms with van der Waals surface area (Å²) in [6, 6.07) is 19.7. The number of rotatable bonds is 7. The number of aromatic carboxylic acids is 1. The van der Waals surface area contributed by atoms with Crippen molar-refractivity contribution in [3.63, 3.8) is 0 Å². The monoisotopic (exact) mass is 444 g/mol. The van der Waals surface area contributed by atoms with Crippen LogP contribution in [-0.2, 0) is 16.1 Å². The molecule has 0 unspecified atom stereocenters. The molecule has 0 atom stereocenters. The molecule has 0 aliphatic carbocycles. The highest BCUT2D eigenvalue weighted by molar-refractivity contribution is 6.35. The zero-order valence-corrected chi connectivity index (χ0v) is 18.3. The fourth-order valence-corrected chi connectivity index (χ4v) is 3.05. The molecule has 8 nitrogen and oxygen atoms in total. The van der Waals surface area contributed by atoms with Crippen LogP contribution in [0.4, 0.5) is 11.4 Å². The molecule has 0 aromatic heterocycles. The molecule has 0 spiro atoms. The molecule has 0 bridgehead atoms. The fraction of sp³-hybridized carbons (Fsp3) is 0.120. The molecular formula is C25H24N4O4. The second-order valence-electron chi connectivity index (χ2n) is 7.36. The van der Waals surface area contributed by atoms with E-state index in [-0.39, 0.29) is 12.1 Å². The Hall–Kier alpha value is -4.46. The van der Waals surface area contributed by atoms with Crippen molar-refractivity contribution in [2.45, 2.75) is 20.4 Å². The maximum atomic E-state index is 12.1. The van der Waals surface area contributed by atoms with Crippen LogP contribution in [0.25, 0.3) is 0 Å². The van der Waals surface area contributed by atoms with Crippen molar-refractivity contribution in [3.05, 3.63) is 94.5 Å². The maximum absolute atomic E-state index is 12.1.